The quantitative estimate of drug-likeness (QED) is 0.161. The van der Waals surface area contributed by atoms with Gasteiger partial charge in [0, 0.05) is 38.9 Å². The summed E-state index contributed by atoms with van der Waals surface area (Å²) >= 11 is 2.07. The van der Waals surface area contributed by atoms with Crippen molar-refractivity contribution in [2.45, 2.75) is 80.3 Å². The molecular formula is C54H49BN2S. The van der Waals surface area contributed by atoms with Gasteiger partial charge in [0.25, 0.3) is 0 Å². The molecule has 0 aromatic heterocycles. The third kappa shape index (κ3) is 5.20. The van der Waals surface area contributed by atoms with E-state index in [1.165, 1.54) is 83.2 Å². The van der Waals surface area contributed by atoms with Gasteiger partial charge in [-0.2, -0.15) is 0 Å². The lowest BCUT2D eigenvalue weighted by Gasteiger charge is -2.49. The van der Waals surface area contributed by atoms with E-state index in [4.69, 9.17) is 0 Å². The molecule has 2 nitrogen and oxygen atoms in total. The zero-order chi connectivity index (χ0) is 39.6. The Morgan fingerprint density at radius 2 is 1.22 bits per heavy atom. The average Bonchev–Trinajstić information content (AvgIpc) is 3.71. The predicted molar refractivity (Wildman–Crippen MR) is 248 cm³/mol. The molecule has 1 aliphatic carbocycles. The Kier molecular flexibility index (Phi) is 7.86. The van der Waals surface area contributed by atoms with Crippen LogP contribution in [0.1, 0.15) is 81.6 Å². The second-order valence-electron chi connectivity index (χ2n) is 18.8. The number of hydrogen-bond acceptors (Lipinski definition) is 3. The fourth-order valence-corrected chi connectivity index (χ4v) is 13.3. The molecule has 0 saturated carbocycles. The molecular weight excluding hydrogens is 719 g/mol. The summed E-state index contributed by atoms with van der Waals surface area (Å²) in [5, 5.41) is 0.149. The first kappa shape index (κ1) is 35.7. The first-order valence-corrected chi connectivity index (χ1v) is 21.9. The van der Waals surface area contributed by atoms with Crippen molar-refractivity contribution in [3.8, 4) is 11.1 Å². The van der Waals surface area contributed by atoms with E-state index in [2.05, 4.69) is 227 Å². The van der Waals surface area contributed by atoms with Crippen LogP contribution in [0, 0.1) is 0 Å². The van der Waals surface area contributed by atoms with Crippen LogP contribution in [0.3, 0.4) is 0 Å². The van der Waals surface area contributed by atoms with E-state index in [1.54, 1.807) is 0 Å². The van der Waals surface area contributed by atoms with Crippen LogP contribution in [-0.2, 0) is 16.2 Å². The molecule has 0 amide bonds. The molecule has 4 aliphatic rings. The van der Waals surface area contributed by atoms with Crippen molar-refractivity contribution in [3.05, 3.63) is 192 Å². The minimum Gasteiger partial charge on any atom is -0.329 e. The van der Waals surface area contributed by atoms with Crippen molar-refractivity contribution >= 4 is 57.8 Å². The van der Waals surface area contributed by atoms with E-state index < -0.39 is 0 Å². The van der Waals surface area contributed by atoms with Gasteiger partial charge in [-0.3, -0.25) is 0 Å². The van der Waals surface area contributed by atoms with Crippen LogP contribution >= 0.6 is 11.8 Å². The first-order chi connectivity index (χ1) is 28.0. The maximum Gasteiger partial charge on any atom is 0.223 e. The second-order valence-corrected chi connectivity index (χ2v) is 19.9. The monoisotopic (exact) mass is 768 g/mol. The van der Waals surface area contributed by atoms with Crippen LogP contribution in [0.4, 0.5) is 28.4 Å². The Hall–Kier alpha value is -5.45. The lowest BCUT2D eigenvalue weighted by molar-refractivity contribution is 0.403. The predicted octanol–water partition coefficient (Wildman–Crippen LogP) is 12.9. The largest absolute Gasteiger partial charge is 0.329 e. The molecule has 0 bridgehead atoms. The molecule has 0 fully saturated rings. The van der Waals surface area contributed by atoms with Crippen molar-refractivity contribution in [2.75, 3.05) is 9.80 Å². The summed E-state index contributed by atoms with van der Waals surface area (Å²) in [5.74, 6) is 0.220. The van der Waals surface area contributed by atoms with E-state index in [0.29, 0.717) is 0 Å². The van der Waals surface area contributed by atoms with Crippen LogP contribution in [-0.4, -0.2) is 12.1 Å². The van der Waals surface area contributed by atoms with Crippen molar-refractivity contribution in [1.29, 1.82) is 0 Å². The van der Waals surface area contributed by atoms with Gasteiger partial charge in [0.2, 0.25) is 6.71 Å². The van der Waals surface area contributed by atoms with Gasteiger partial charge in [-0.05, 0) is 110 Å². The van der Waals surface area contributed by atoms with Crippen LogP contribution in [0.25, 0.3) is 11.1 Å². The maximum atomic E-state index is 2.75. The summed E-state index contributed by atoms with van der Waals surface area (Å²) in [6.45, 7) is 14.9. The maximum absolute atomic E-state index is 2.75. The molecule has 3 aliphatic heterocycles. The Balaban J connectivity index is 1.17. The Morgan fingerprint density at radius 1 is 0.569 bits per heavy atom. The van der Waals surface area contributed by atoms with Crippen molar-refractivity contribution in [3.63, 3.8) is 0 Å². The lowest BCUT2D eigenvalue weighted by Crippen LogP contribution is -2.64. The molecule has 0 saturated heterocycles. The van der Waals surface area contributed by atoms with Crippen LogP contribution < -0.4 is 20.7 Å². The minimum absolute atomic E-state index is 0.102. The number of thioether (sulfide) groups is 1. The van der Waals surface area contributed by atoms with Crippen LogP contribution in [0.2, 0.25) is 0 Å². The molecule has 58 heavy (non-hydrogen) atoms. The highest BCUT2D eigenvalue weighted by Crippen LogP contribution is 2.59. The molecule has 11 rings (SSSR count). The zero-order valence-electron chi connectivity index (χ0n) is 34.3. The Labute approximate surface area is 349 Å². The zero-order valence-corrected chi connectivity index (χ0v) is 35.1. The summed E-state index contributed by atoms with van der Waals surface area (Å²) in [6, 6.07) is 61.9. The number of para-hydroxylation sites is 2. The fourth-order valence-electron chi connectivity index (χ4n) is 11.6. The van der Waals surface area contributed by atoms with E-state index in [0.717, 1.165) is 6.42 Å². The van der Waals surface area contributed by atoms with Gasteiger partial charge in [0.05, 0.1) is 11.1 Å². The minimum atomic E-state index is -0.182. The van der Waals surface area contributed by atoms with Gasteiger partial charge in [-0.25, -0.2) is 0 Å². The molecule has 7 aromatic carbocycles. The van der Waals surface area contributed by atoms with Crippen molar-refractivity contribution < 1.29 is 0 Å². The third-order valence-electron chi connectivity index (χ3n) is 13.9. The summed E-state index contributed by atoms with van der Waals surface area (Å²) in [6.07, 6.45) is 1.15. The van der Waals surface area contributed by atoms with E-state index in [-0.39, 0.29) is 34.1 Å². The fraction of sp³-hybridized carbons (Fsp3) is 0.222. The summed E-state index contributed by atoms with van der Waals surface area (Å²) in [5.41, 5.74) is 19.2. The number of benzene rings is 7. The summed E-state index contributed by atoms with van der Waals surface area (Å²) in [7, 11) is 0. The second kappa shape index (κ2) is 12.8. The van der Waals surface area contributed by atoms with E-state index in [9.17, 15) is 0 Å². The van der Waals surface area contributed by atoms with Gasteiger partial charge in [-0.1, -0.05) is 174 Å². The molecule has 7 aromatic rings. The number of anilines is 5. The molecule has 2 atom stereocenters. The van der Waals surface area contributed by atoms with Crippen LogP contribution in [0.5, 0.6) is 0 Å². The number of rotatable bonds is 5. The van der Waals surface area contributed by atoms with Crippen molar-refractivity contribution in [1.82, 2.24) is 0 Å². The Bertz CT molecular complexity index is 2700. The van der Waals surface area contributed by atoms with Crippen molar-refractivity contribution in [2.24, 2.45) is 0 Å². The van der Waals surface area contributed by atoms with Crippen LogP contribution in [0.15, 0.2) is 169 Å². The number of hydrogen-bond donors (Lipinski definition) is 0. The van der Waals surface area contributed by atoms with Gasteiger partial charge in [-0.15, -0.1) is 0 Å². The Morgan fingerprint density at radius 3 is 1.93 bits per heavy atom. The smallest absolute Gasteiger partial charge is 0.223 e. The average molecular weight is 769 g/mol. The molecule has 0 N–H and O–H groups in total. The van der Waals surface area contributed by atoms with Gasteiger partial charge in [0.15, 0.2) is 0 Å². The van der Waals surface area contributed by atoms with E-state index >= 15 is 0 Å². The van der Waals surface area contributed by atoms with Gasteiger partial charge < -0.3 is 9.80 Å². The number of fused-ring (bicyclic) bond motifs is 7. The van der Waals surface area contributed by atoms with E-state index in [1.807, 2.05) is 0 Å². The van der Waals surface area contributed by atoms with Gasteiger partial charge in [0.1, 0.15) is 0 Å². The molecule has 0 radical (unpaired) electrons. The highest BCUT2D eigenvalue weighted by atomic mass is 32.2. The molecule has 0 spiro atoms. The molecule has 284 valence electrons. The number of nitrogens with zero attached hydrogens (tertiary/aromatic N) is 2. The normalized spacial score (nSPS) is 19.8. The molecule has 2 unspecified atom stereocenters. The highest BCUT2D eigenvalue weighted by molar-refractivity contribution is 8.00. The first-order valence-electron chi connectivity index (χ1n) is 21.0. The third-order valence-corrected chi connectivity index (χ3v) is 15.4. The standard InChI is InChI=1S/C54H49BN2S/c1-52(2)34-53(3,4)43-33-39(29-30-41(43)52)57-46-26-17-25-42-49(46)55(45-31-28-36(32-44(45)54(42,5)6)35-18-10-7-11-19-35)48-40-24-16-27-47(50(40)58-51(48)57)56(37-20-12-8-13-21-37)38-22-14-9-15-23-38/h7-33,48,51H,34H2,1-6H3. The topological polar surface area (TPSA) is 6.48 Å². The summed E-state index contributed by atoms with van der Waals surface area (Å²) < 4.78 is 0. The highest BCUT2D eigenvalue weighted by Gasteiger charge is 2.55. The lowest BCUT2D eigenvalue weighted by atomic mass is 9.27. The van der Waals surface area contributed by atoms with Gasteiger partial charge >= 0.3 is 0 Å². The SMILES string of the molecule is CC1(C)CC(C)(C)c2cc(N3c4cccc5c4B(c4ccc(-c6ccccc6)cc4C5(C)C)C4c5cccc(N(c6ccccc6)c6ccccc6)c5SC43)ccc21. The molecule has 4 heteroatoms. The molecule has 3 heterocycles. The summed E-state index contributed by atoms with van der Waals surface area (Å²) in [4.78, 5) is 6.60.